The number of nitrogens with zero attached hydrogens (tertiary/aromatic N) is 2. The van der Waals surface area contributed by atoms with Crippen LogP contribution in [0.25, 0.3) is 10.2 Å². The molecule has 6 nitrogen and oxygen atoms in total. The summed E-state index contributed by atoms with van der Waals surface area (Å²) in [6, 6.07) is 16.2. The second-order valence-corrected chi connectivity index (χ2v) is 8.52. The van der Waals surface area contributed by atoms with Crippen molar-refractivity contribution in [1.29, 1.82) is 0 Å². The van der Waals surface area contributed by atoms with Crippen LogP contribution in [0.2, 0.25) is 5.02 Å². The van der Waals surface area contributed by atoms with Crippen molar-refractivity contribution in [3.05, 3.63) is 97.0 Å². The highest BCUT2D eigenvalue weighted by atomic mass is 35.5. The Morgan fingerprint density at radius 3 is 2.56 bits per heavy atom. The third kappa shape index (κ3) is 4.40. The van der Waals surface area contributed by atoms with E-state index >= 15 is 0 Å². The zero-order valence-corrected chi connectivity index (χ0v) is 19.0. The lowest BCUT2D eigenvalue weighted by Crippen LogP contribution is -2.41. The summed E-state index contributed by atoms with van der Waals surface area (Å²) in [5.41, 5.74) is 1.03. The largest absolute Gasteiger partial charge is 0.492 e. The molecule has 4 aromatic rings. The SMILES string of the molecule is CCOc1ccc(C(=O)Cn2c(=O)n(CCc3ccccc3)c(=O)c3sccc32)cc1Cl. The number of rotatable bonds is 8. The van der Waals surface area contributed by atoms with Crippen LogP contribution in [0, 0.1) is 0 Å². The highest BCUT2D eigenvalue weighted by Gasteiger charge is 2.18. The fraction of sp³-hybridized carbons (Fsp3) is 0.208. The molecule has 0 radical (unpaired) electrons. The predicted molar refractivity (Wildman–Crippen MR) is 127 cm³/mol. The van der Waals surface area contributed by atoms with Gasteiger partial charge in [-0.2, -0.15) is 0 Å². The summed E-state index contributed by atoms with van der Waals surface area (Å²) >= 11 is 7.48. The van der Waals surface area contributed by atoms with Gasteiger partial charge in [0.1, 0.15) is 10.4 Å². The van der Waals surface area contributed by atoms with E-state index < -0.39 is 5.69 Å². The summed E-state index contributed by atoms with van der Waals surface area (Å²) in [4.78, 5) is 39.1. The third-order valence-corrected chi connectivity index (χ3v) is 6.35. The number of hydrogen-bond donors (Lipinski definition) is 0. The summed E-state index contributed by atoms with van der Waals surface area (Å²) in [7, 11) is 0. The van der Waals surface area contributed by atoms with Crippen LogP contribution in [0.15, 0.2) is 69.6 Å². The Bertz CT molecular complexity index is 1390. The second kappa shape index (κ2) is 9.54. The average Bonchev–Trinajstić information content (AvgIpc) is 3.29. The van der Waals surface area contributed by atoms with Gasteiger partial charge in [0.2, 0.25) is 0 Å². The van der Waals surface area contributed by atoms with Crippen LogP contribution < -0.4 is 16.0 Å². The molecule has 8 heteroatoms. The smallest absolute Gasteiger partial charge is 0.331 e. The molecule has 0 saturated heterocycles. The van der Waals surface area contributed by atoms with E-state index in [0.29, 0.717) is 39.6 Å². The Labute approximate surface area is 193 Å². The van der Waals surface area contributed by atoms with Crippen LogP contribution >= 0.6 is 22.9 Å². The highest BCUT2D eigenvalue weighted by Crippen LogP contribution is 2.26. The van der Waals surface area contributed by atoms with Gasteiger partial charge in [-0.3, -0.25) is 18.7 Å². The molecule has 32 heavy (non-hydrogen) atoms. The van der Waals surface area contributed by atoms with Crippen LogP contribution in [-0.4, -0.2) is 21.5 Å². The van der Waals surface area contributed by atoms with Gasteiger partial charge < -0.3 is 4.74 Å². The minimum absolute atomic E-state index is 0.192. The quantitative estimate of drug-likeness (QED) is 0.359. The van der Waals surface area contributed by atoms with E-state index in [9.17, 15) is 14.4 Å². The first-order valence-electron chi connectivity index (χ1n) is 10.2. The normalized spacial score (nSPS) is 11.1. The lowest BCUT2D eigenvalue weighted by Gasteiger charge is -2.12. The van der Waals surface area contributed by atoms with Gasteiger partial charge in [-0.25, -0.2) is 4.79 Å². The van der Waals surface area contributed by atoms with E-state index in [0.717, 1.165) is 5.56 Å². The van der Waals surface area contributed by atoms with Crippen molar-refractivity contribution < 1.29 is 9.53 Å². The molecule has 2 heterocycles. The van der Waals surface area contributed by atoms with Gasteiger partial charge in [-0.05, 0) is 48.6 Å². The molecule has 0 fully saturated rings. The van der Waals surface area contributed by atoms with E-state index in [4.69, 9.17) is 16.3 Å². The second-order valence-electron chi connectivity index (χ2n) is 7.20. The Kier molecular flexibility index (Phi) is 6.58. The summed E-state index contributed by atoms with van der Waals surface area (Å²) in [6.45, 7) is 2.35. The predicted octanol–water partition coefficient (Wildman–Crippen LogP) is 4.40. The van der Waals surface area contributed by atoms with Crippen molar-refractivity contribution in [2.75, 3.05) is 6.61 Å². The first kappa shape index (κ1) is 22.0. The van der Waals surface area contributed by atoms with Gasteiger partial charge in [-0.15, -0.1) is 11.3 Å². The Hall–Kier alpha value is -3.16. The summed E-state index contributed by atoms with van der Waals surface area (Å²) in [5, 5.41) is 2.08. The van der Waals surface area contributed by atoms with Crippen LogP contribution in [0.5, 0.6) is 5.75 Å². The number of carbonyl (C=O) groups is 1. The van der Waals surface area contributed by atoms with E-state index in [2.05, 4.69) is 0 Å². The van der Waals surface area contributed by atoms with Gasteiger partial charge >= 0.3 is 5.69 Å². The maximum atomic E-state index is 13.2. The summed E-state index contributed by atoms with van der Waals surface area (Å²) < 4.78 is 8.45. The van der Waals surface area contributed by atoms with Crippen LogP contribution in [-0.2, 0) is 19.5 Å². The number of ether oxygens (including phenoxy) is 1. The van der Waals surface area contributed by atoms with Crippen molar-refractivity contribution in [3.8, 4) is 5.75 Å². The molecule has 0 aliphatic heterocycles. The summed E-state index contributed by atoms with van der Waals surface area (Å²) in [5.74, 6) is 0.218. The van der Waals surface area contributed by atoms with Gasteiger partial charge in [0.05, 0.1) is 23.7 Å². The summed E-state index contributed by atoms with van der Waals surface area (Å²) in [6.07, 6.45) is 0.537. The molecule has 164 valence electrons. The molecule has 4 rings (SSSR count). The van der Waals surface area contributed by atoms with Crippen LogP contribution in [0.1, 0.15) is 22.8 Å². The molecule has 0 saturated carbocycles. The van der Waals surface area contributed by atoms with Gasteiger partial charge in [0.15, 0.2) is 5.78 Å². The topological polar surface area (TPSA) is 70.3 Å². The van der Waals surface area contributed by atoms with Crippen molar-refractivity contribution in [1.82, 2.24) is 9.13 Å². The van der Waals surface area contributed by atoms with E-state index in [1.807, 2.05) is 37.3 Å². The number of thiophene rings is 1. The number of benzene rings is 2. The molecule has 2 aromatic carbocycles. The number of ketones is 1. The molecule has 2 aromatic heterocycles. The lowest BCUT2D eigenvalue weighted by atomic mass is 10.1. The third-order valence-electron chi connectivity index (χ3n) is 5.16. The standard InChI is InChI=1S/C24H21ClN2O4S/c1-2-31-21-9-8-17(14-18(21)25)20(28)15-27-19-11-13-32-22(19)23(29)26(24(27)30)12-10-16-6-4-3-5-7-16/h3-9,11,13-14H,2,10,12,15H2,1H3. The highest BCUT2D eigenvalue weighted by molar-refractivity contribution is 7.17. The van der Waals surface area contributed by atoms with Crippen molar-refractivity contribution in [2.24, 2.45) is 0 Å². The van der Waals surface area contributed by atoms with Gasteiger partial charge in [0.25, 0.3) is 5.56 Å². The Morgan fingerprint density at radius 2 is 1.84 bits per heavy atom. The van der Waals surface area contributed by atoms with Crippen LogP contribution in [0.4, 0.5) is 0 Å². The fourth-order valence-corrected chi connectivity index (χ4v) is 4.63. The van der Waals surface area contributed by atoms with Crippen molar-refractivity contribution >= 4 is 38.9 Å². The minimum atomic E-state index is -0.498. The fourth-order valence-electron chi connectivity index (χ4n) is 3.55. The zero-order chi connectivity index (χ0) is 22.7. The van der Waals surface area contributed by atoms with Crippen molar-refractivity contribution in [2.45, 2.75) is 26.4 Å². The van der Waals surface area contributed by atoms with E-state index in [1.165, 1.54) is 26.5 Å². The molecule has 0 aliphatic rings. The molecule has 0 unspecified atom stereocenters. The van der Waals surface area contributed by atoms with Crippen LogP contribution in [0.3, 0.4) is 0 Å². The number of hydrogen-bond acceptors (Lipinski definition) is 5. The number of halogens is 1. The Balaban J connectivity index is 1.68. The molecular formula is C24H21ClN2O4S. The number of Topliss-reactive ketones (excluding diaryl/α,β-unsaturated/α-hetero) is 1. The first-order valence-corrected chi connectivity index (χ1v) is 11.5. The number of aryl methyl sites for hydroxylation is 1. The number of aromatic nitrogens is 2. The zero-order valence-electron chi connectivity index (χ0n) is 17.4. The minimum Gasteiger partial charge on any atom is -0.492 e. The molecule has 0 spiro atoms. The van der Waals surface area contributed by atoms with Crippen molar-refractivity contribution in [3.63, 3.8) is 0 Å². The van der Waals surface area contributed by atoms with E-state index in [1.54, 1.807) is 23.6 Å². The molecule has 0 amide bonds. The molecule has 0 atom stereocenters. The maximum Gasteiger partial charge on any atom is 0.331 e. The molecule has 0 aliphatic carbocycles. The van der Waals surface area contributed by atoms with Gasteiger partial charge in [-0.1, -0.05) is 41.9 Å². The van der Waals surface area contributed by atoms with E-state index in [-0.39, 0.29) is 24.4 Å². The monoisotopic (exact) mass is 468 g/mol. The average molecular weight is 469 g/mol. The first-order chi connectivity index (χ1) is 15.5. The lowest BCUT2D eigenvalue weighted by molar-refractivity contribution is 0.0971. The Morgan fingerprint density at radius 1 is 1.06 bits per heavy atom. The molecule has 0 bridgehead atoms. The number of carbonyl (C=O) groups excluding carboxylic acids is 1. The molecule has 0 N–H and O–H groups in total. The molecular weight excluding hydrogens is 448 g/mol. The number of fused-ring (bicyclic) bond motifs is 1. The maximum absolute atomic E-state index is 13.2. The van der Waals surface area contributed by atoms with Gasteiger partial charge in [0, 0.05) is 12.1 Å².